The molecule has 130 valence electrons. The number of nitrogens with one attached hydrogen (secondary N) is 1. The Morgan fingerprint density at radius 2 is 1.96 bits per heavy atom. The van der Waals surface area contributed by atoms with Crippen LogP contribution in [0, 0.1) is 0 Å². The van der Waals surface area contributed by atoms with Crippen LogP contribution in [-0.2, 0) is 22.3 Å². The van der Waals surface area contributed by atoms with Crippen molar-refractivity contribution in [1.29, 1.82) is 0 Å². The van der Waals surface area contributed by atoms with Gasteiger partial charge in [0.05, 0.1) is 18.0 Å². The molecule has 0 aliphatic carbocycles. The zero-order chi connectivity index (χ0) is 17.7. The van der Waals surface area contributed by atoms with Gasteiger partial charge >= 0.3 is 0 Å². The van der Waals surface area contributed by atoms with Crippen LogP contribution in [-0.4, -0.2) is 29.7 Å². The van der Waals surface area contributed by atoms with Crippen molar-refractivity contribution in [3.05, 3.63) is 71.5 Å². The summed E-state index contributed by atoms with van der Waals surface area (Å²) in [6.07, 6.45) is 3.51. The molecule has 3 aromatic rings. The number of hydrogen-bond donors (Lipinski definition) is 1. The van der Waals surface area contributed by atoms with Crippen LogP contribution < -0.4 is 4.72 Å². The molecule has 0 unspecified atom stereocenters. The highest BCUT2D eigenvalue weighted by Crippen LogP contribution is 2.14. The number of nitrogens with zero attached hydrogens (tertiary/aromatic N) is 3. The number of benzene rings is 1. The van der Waals surface area contributed by atoms with Gasteiger partial charge in [0.15, 0.2) is 0 Å². The molecule has 0 bridgehead atoms. The minimum Gasteiger partial charge on any atom is -0.271 e. The molecule has 0 spiro atoms. The van der Waals surface area contributed by atoms with Crippen LogP contribution in [0.15, 0.2) is 60.9 Å². The van der Waals surface area contributed by atoms with E-state index in [0.29, 0.717) is 17.1 Å². The van der Waals surface area contributed by atoms with Crippen LogP contribution >= 0.6 is 11.6 Å². The van der Waals surface area contributed by atoms with Crippen molar-refractivity contribution < 1.29 is 8.42 Å². The predicted octanol–water partition coefficient (Wildman–Crippen LogP) is 2.72. The number of aromatic nitrogens is 3. The summed E-state index contributed by atoms with van der Waals surface area (Å²) in [5, 5.41) is 4.92. The molecule has 0 amide bonds. The first-order valence-corrected chi connectivity index (χ1v) is 9.71. The molecule has 0 saturated heterocycles. The summed E-state index contributed by atoms with van der Waals surface area (Å²) in [6, 6.07) is 14.3. The fourth-order valence-electron chi connectivity index (χ4n) is 2.35. The first-order chi connectivity index (χ1) is 12.0. The summed E-state index contributed by atoms with van der Waals surface area (Å²) in [7, 11) is -3.43. The minimum atomic E-state index is -3.43. The lowest BCUT2D eigenvalue weighted by Crippen LogP contribution is -2.28. The summed E-state index contributed by atoms with van der Waals surface area (Å²) in [5.41, 5.74) is 2.18. The van der Waals surface area contributed by atoms with E-state index in [9.17, 15) is 8.42 Å². The first-order valence-electron chi connectivity index (χ1n) is 7.68. The Bertz CT molecular complexity index is 942. The lowest BCUT2D eigenvalue weighted by Gasteiger charge is -2.07. The molecule has 8 heteroatoms. The number of pyridine rings is 1. The molecular formula is C17H17ClN4O2S. The summed E-state index contributed by atoms with van der Waals surface area (Å²) >= 11 is 5.88. The van der Waals surface area contributed by atoms with Gasteiger partial charge in [-0.05, 0) is 35.9 Å². The van der Waals surface area contributed by atoms with Gasteiger partial charge in [0, 0.05) is 24.0 Å². The van der Waals surface area contributed by atoms with Gasteiger partial charge in [-0.2, -0.15) is 5.10 Å². The Morgan fingerprint density at radius 3 is 2.72 bits per heavy atom. The van der Waals surface area contributed by atoms with Crippen molar-refractivity contribution in [3.63, 3.8) is 0 Å². The molecule has 3 rings (SSSR count). The number of halogens is 1. The van der Waals surface area contributed by atoms with E-state index in [4.69, 9.17) is 11.6 Å². The molecule has 2 aromatic heterocycles. The predicted molar refractivity (Wildman–Crippen MR) is 97.5 cm³/mol. The maximum Gasteiger partial charge on any atom is 0.215 e. The van der Waals surface area contributed by atoms with Crippen LogP contribution in [0.25, 0.3) is 11.4 Å². The number of hydrogen-bond acceptors (Lipinski definition) is 4. The molecule has 2 heterocycles. The van der Waals surface area contributed by atoms with Crippen molar-refractivity contribution in [1.82, 2.24) is 19.5 Å². The molecule has 0 aliphatic rings. The van der Waals surface area contributed by atoms with Gasteiger partial charge in [0.25, 0.3) is 0 Å². The Morgan fingerprint density at radius 1 is 1.08 bits per heavy atom. The topological polar surface area (TPSA) is 76.9 Å². The van der Waals surface area contributed by atoms with Crippen molar-refractivity contribution in [2.24, 2.45) is 0 Å². The van der Waals surface area contributed by atoms with Crippen molar-refractivity contribution in [2.45, 2.75) is 12.3 Å². The van der Waals surface area contributed by atoms with E-state index in [-0.39, 0.29) is 12.3 Å². The molecular weight excluding hydrogens is 360 g/mol. The van der Waals surface area contributed by atoms with Crippen LogP contribution in [0.1, 0.15) is 5.56 Å². The Hall–Kier alpha value is -2.22. The van der Waals surface area contributed by atoms with E-state index in [0.717, 1.165) is 11.4 Å². The molecule has 0 radical (unpaired) electrons. The average molecular weight is 377 g/mol. The highest BCUT2D eigenvalue weighted by molar-refractivity contribution is 7.88. The van der Waals surface area contributed by atoms with Crippen LogP contribution in [0.2, 0.25) is 5.02 Å². The quantitative estimate of drug-likeness (QED) is 0.687. The Balaban J connectivity index is 1.55. The standard InChI is InChI=1S/C17H17ClN4O2S/c18-15-5-3-4-14(12-15)13-25(23,24)20-9-11-22-10-7-17(21-22)16-6-1-2-8-19-16/h1-8,10,12,20H,9,11,13H2. The summed E-state index contributed by atoms with van der Waals surface area (Å²) < 4.78 is 28.5. The van der Waals surface area contributed by atoms with Gasteiger partial charge < -0.3 is 0 Å². The second-order valence-electron chi connectivity index (χ2n) is 5.46. The number of sulfonamides is 1. The van der Waals surface area contributed by atoms with Crippen LogP contribution in [0.5, 0.6) is 0 Å². The SMILES string of the molecule is O=S(=O)(Cc1cccc(Cl)c1)NCCn1ccc(-c2ccccn2)n1. The highest BCUT2D eigenvalue weighted by atomic mass is 35.5. The largest absolute Gasteiger partial charge is 0.271 e. The second-order valence-corrected chi connectivity index (χ2v) is 7.71. The lowest BCUT2D eigenvalue weighted by molar-refractivity contribution is 0.560. The maximum atomic E-state index is 12.1. The van der Waals surface area contributed by atoms with E-state index in [1.807, 2.05) is 24.3 Å². The van der Waals surface area contributed by atoms with Crippen LogP contribution in [0.3, 0.4) is 0 Å². The molecule has 0 fully saturated rings. The first kappa shape index (κ1) is 17.6. The summed E-state index contributed by atoms with van der Waals surface area (Å²) in [6.45, 7) is 0.688. The van der Waals surface area contributed by atoms with E-state index < -0.39 is 10.0 Å². The Labute approximate surface area is 151 Å². The fraction of sp³-hybridized carbons (Fsp3) is 0.176. The minimum absolute atomic E-state index is 0.105. The average Bonchev–Trinajstić information content (AvgIpc) is 3.04. The highest BCUT2D eigenvalue weighted by Gasteiger charge is 2.11. The molecule has 0 atom stereocenters. The van der Waals surface area contributed by atoms with E-state index in [2.05, 4.69) is 14.8 Å². The number of rotatable bonds is 7. The third kappa shape index (κ3) is 5.12. The Kier molecular flexibility index (Phi) is 5.47. The van der Waals surface area contributed by atoms with E-state index in [1.165, 1.54) is 0 Å². The lowest BCUT2D eigenvalue weighted by atomic mass is 10.2. The van der Waals surface area contributed by atoms with Gasteiger partial charge in [-0.1, -0.05) is 29.8 Å². The maximum absolute atomic E-state index is 12.1. The third-order valence-electron chi connectivity index (χ3n) is 3.48. The zero-order valence-corrected chi connectivity index (χ0v) is 14.9. The molecule has 25 heavy (non-hydrogen) atoms. The molecule has 1 aromatic carbocycles. The smallest absolute Gasteiger partial charge is 0.215 e. The van der Waals surface area contributed by atoms with E-state index in [1.54, 1.807) is 41.3 Å². The molecule has 0 aliphatic heterocycles. The van der Waals surface area contributed by atoms with Gasteiger partial charge in [0.1, 0.15) is 5.69 Å². The summed E-state index contributed by atoms with van der Waals surface area (Å²) in [4.78, 5) is 4.24. The van der Waals surface area contributed by atoms with Gasteiger partial charge in [0.2, 0.25) is 10.0 Å². The van der Waals surface area contributed by atoms with E-state index >= 15 is 0 Å². The third-order valence-corrected chi connectivity index (χ3v) is 5.07. The van der Waals surface area contributed by atoms with Crippen molar-refractivity contribution in [2.75, 3.05) is 6.54 Å². The van der Waals surface area contributed by atoms with Gasteiger partial charge in [-0.3, -0.25) is 9.67 Å². The summed E-state index contributed by atoms with van der Waals surface area (Å²) in [5.74, 6) is -0.105. The second kappa shape index (κ2) is 7.77. The molecule has 0 saturated carbocycles. The monoisotopic (exact) mass is 376 g/mol. The molecule has 6 nitrogen and oxygen atoms in total. The van der Waals surface area contributed by atoms with Crippen LogP contribution in [0.4, 0.5) is 0 Å². The van der Waals surface area contributed by atoms with Crippen molar-refractivity contribution in [3.8, 4) is 11.4 Å². The normalized spacial score (nSPS) is 11.6. The fourth-order valence-corrected chi connectivity index (χ4v) is 3.69. The molecule has 1 N–H and O–H groups in total. The van der Waals surface area contributed by atoms with Crippen molar-refractivity contribution >= 4 is 21.6 Å². The van der Waals surface area contributed by atoms with Gasteiger partial charge in [-0.25, -0.2) is 13.1 Å². The zero-order valence-electron chi connectivity index (χ0n) is 13.3. The van der Waals surface area contributed by atoms with Gasteiger partial charge in [-0.15, -0.1) is 0 Å².